The number of benzene rings is 1. The number of rotatable bonds is 3. The van der Waals surface area contributed by atoms with Crippen LogP contribution in [0.1, 0.15) is 71.3 Å². The monoisotopic (exact) mass is 376 g/mol. The molecule has 2 saturated carbocycles. The molecule has 0 radical (unpaired) electrons. The zero-order valence-corrected chi connectivity index (χ0v) is 17.9. The summed E-state index contributed by atoms with van der Waals surface area (Å²) in [6, 6.07) is 10.2. The van der Waals surface area contributed by atoms with E-state index in [9.17, 15) is 0 Å². The maximum atomic E-state index is 2.71. The van der Waals surface area contributed by atoms with Crippen LogP contribution in [-0.4, -0.2) is 37.1 Å². The van der Waals surface area contributed by atoms with E-state index in [1.165, 1.54) is 64.0 Å². The second-order valence-corrected chi connectivity index (χ2v) is 10.4. The molecule has 2 aliphatic carbocycles. The fourth-order valence-corrected chi connectivity index (χ4v) is 5.95. The zero-order valence-electron chi connectivity index (χ0n) is 17.1. The van der Waals surface area contributed by atoms with Gasteiger partial charge in [0.25, 0.3) is 0 Å². The van der Waals surface area contributed by atoms with Crippen LogP contribution < -0.4 is 4.90 Å². The van der Waals surface area contributed by atoms with Crippen molar-refractivity contribution in [1.82, 2.24) is 4.90 Å². The van der Waals surface area contributed by atoms with Crippen molar-refractivity contribution in [2.75, 3.05) is 31.1 Å². The third-order valence-corrected chi connectivity index (χ3v) is 6.65. The summed E-state index contributed by atoms with van der Waals surface area (Å²) in [5.41, 5.74) is 4.04. The Bertz CT molecular complexity index is 596. The predicted octanol–water partition coefficient (Wildman–Crippen LogP) is 5.71. The molecule has 3 fully saturated rings. The first kappa shape index (κ1) is 20.0. The van der Waals surface area contributed by atoms with Gasteiger partial charge in [0.2, 0.25) is 0 Å². The van der Waals surface area contributed by atoms with Crippen molar-refractivity contribution in [2.24, 2.45) is 10.8 Å². The molecule has 0 N–H and O–H groups in total. The van der Waals surface area contributed by atoms with E-state index in [-0.39, 0.29) is 12.4 Å². The molecule has 0 spiro atoms. The fraction of sp³-hybridized carbons (Fsp3) is 0.739. The third-order valence-electron chi connectivity index (χ3n) is 6.65. The van der Waals surface area contributed by atoms with E-state index in [1.54, 1.807) is 5.56 Å². The highest BCUT2D eigenvalue weighted by Gasteiger charge is 2.40. The first-order valence-corrected chi connectivity index (χ1v) is 10.4. The van der Waals surface area contributed by atoms with E-state index in [4.69, 9.17) is 0 Å². The first-order chi connectivity index (χ1) is 11.8. The molecular weight excluding hydrogens is 340 g/mol. The summed E-state index contributed by atoms with van der Waals surface area (Å²) in [5, 5.41) is 0. The number of hydrogen-bond acceptors (Lipinski definition) is 2. The Hall–Kier alpha value is -0.730. The number of nitrogens with zero attached hydrogens (tertiary/aromatic N) is 2. The van der Waals surface area contributed by atoms with Gasteiger partial charge in [-0.05, 0) is 60.5 Å². The molecular formula is C23H37ClN2. The van der Waals surface area contributed by atoms with Crippen LogP contribution in [0, 0.1) is 10.8 Å². The molecule has 0 aromatic heterocycles. The first-order valence-electron chi connectivity index (χ1n) is 10.4. The lowest BCUT2D eigenvalue weighted by atomic mass is 9.60. The van der Waals surface area contributed by atoms with Crippen molar-refractivity contribution in [3.8, 4) is 0 Å². The maximum Gasteiger partial charge on any atom is 0.0402 e. The van der Waals surface area contributed by atoms with E-state index in [0.717, 1.165) is 6.04 Å². The number of para-hydroxylation sites is 1. The molecule has 3 aliphatic rings. The molecule has 0 atom stereocenters. The number of piperazine rings is 1. The van der Waals surface area contributed by atoms with Crippen molar-refractivity contribution < 1.29 is 0 Å². The predicted molar refractivity (Wildman–Crippen MR) is 115 cm³/mol. The molecule has 146 valence electrons. The molecule has 1 saturated heterocycles. The Morgan fingerprint density at radius 1 is 0.846 bits per heavy atom. The van der Waals surface area contributed by atoms with Crippen molar-refractivity contribution in [2.45, 2.75) is 71.8 Å². The van der Waals surface area contributed by atoms with Gasteiger partial charge in [-0.1, -0.05) is 45.9 Å². The summed E-state index contributed by atoms with van der Waals surface area (Å²) >= 11 is 0. The smallest absolute Gasteiger partial charge is 0.0402 e. The number of hydrogen-bond donors (Lipinski definition) is 0. The van der Waals surface area contributed by atoms with Crippen LogP contribution in [0.25, 0.3) is 0 Å². The van der Waals surface area contributed by atoms with E-state index < -0.39 is 0 Å². The molecule has 1 aromatic carbocycles. The maximum absolute atomic E-state index is 2.71. The summed E-state index contributed by atoms with van der Waals surface area (Å²) in [5.74, 6) is 0.705. The Labute approximate surface area is 166 Å². The summed E-state index contributed by atoms with van der Waals surface area (Å²) in [6.07, 6.45) is 6.87. The molecule has 3 heteroatoms. The summed E-state index contributed by atoms with van der Waals surface area (Å²) < 4.78 is 0. The van der Waals surface area contributed by atoms with Crippen LogP contribution in [-0.2, 0) is 0 Å². The largest absolute Gasteiger partial charge is 0.369 e. The molecule has 0 amide bonds. The van der Waals surface area contributed by atoms with E-state index >= 15 is 0 Å². The average molecular weight is 377 g/mol. The van der Waals surface area contributed by atoms with Crippen molar-refractivity contribution in [1.29, 1.82) is 0 Å². The van der Waals surface area contributed by atoms with Gasteiger partial charge in [0.05, 0.1) is 0 Å². The molecule has 1 aromatic rings. The summed E-state index contributed by atoms with van der Waals surface area (Å²) in [4.78, 5) is 5.38. The number of anilines is 1. The number of halogens is 1. The molecule has 2 nitrogen and oxygen atoms in total. The fourth-order valence-electron chi connectivity index (χ4n) is 5.95. The topological polar surface area (TPSA) is 6.48 Å². The van der Waals surface area contributed by atoms with Crippen LogP contribution in [0.2, 0.25) is 0 Å². The summed E-state index contributed by atoms with van der Waals surface area (Å²) in [7, 11) is 0. The van der Waals surface area contributed by atoms with Gasteiger partial charge in [0.15, 0.2) is 0 Å². The minimum absolute atomic E-state index is 0. The van der Waals surface area contributed by atoms with E-state index in [0.29, 0.717) is 16.7 Å². The third kappa shape index (κ3) is 4.39. The minimum atomic E-state index is 0. The van der Waals surface area contributed by atoms with E-state index in [1.807, 2.05) is 0 Å². The van der Waals surface area contributed by atoms with Gasteiger partial charge in [-0.2, -0.15) is 0 Å². The lowest BCUT2D eigenvalue weighted by molar-refractivity contribution is 0.0970. The van der Waals surface area contributed by atoms with Crippen LogP contribution in [0.5, 0.6) is 0 Å². The van der Waals surface area contributed by atoms with Crippen molar-refractivity contribution in [3.05, 3.63) is 29.8 Å². The van der Waals surface area contributed by atoms with Gasteiger partial charge in [0.1, 0.15) is 0 Å². The molecule has 1 heterocycles. The molecule has 1 aliphatic heterocycles. The lowest BCUT2D eigenvalue weighted by Gasteiger charge is -2.46. The minimum Gasteiger partial charge on any atom is -0.369 e. The Morgan fingerprint density at radius 3 is 2.00 bits per heavy atom. The summed E-state index contributed by atoms with van der Waals surface area (Å²) in [6.45, 7) is 14.8. The zero-order chi connectivity index (χ0) is 17.7. The highest BCUT2D eigenvalue weighted by Crippen LogP contribution is 2.53. The van der Waals surface area contributed by atoms with Crippen LogP contribution >= 0.6 is 12.4 Å². The Morgan fingerprint density at radius 2 is 1.42 bits per heavy atom. The van der Waals surface area contributed by atoms with Gasteiger partial charge in [-0.15, -0.1) is 12.4 Å². The highest BCUT2D eigenvalue weighted by molar-refractivity contribution is 5.85. The van der Waals surface area contributed by atoms with E-state index in [2.05, 4.69) is 61.8 Å². The second kappa shape index (κ2) is 7.36. The quantitative estimate of drug-likeness (QED) is 0.666. The lowest BCUT2D eigenvalue weighted by Crippen LogP contribution is -2.47. The second-order valence-electron chi connectivity index (χ2n) is 10.4. The SMILES string of the molecule is CC1(C)CC(c2ccccc2N2CCN(C3CC3)CC2)CC(C)(C)C1.Cl. The van der Waals surface area contributed by atoms with Gasteiger partial charge >= 0.3 is 0 Å². The van der Waals surface area contributed by atoms with Crippen LogP contribution in [0.15, 0.2) is 24.3 Å². The normalized spacial score (nSPS) is 26.4. The van der Waals surface area contributed by atoms with Crippen LogP contribution in [0.3, 0.4) is 0 Å². The van der Waals surface area contributed by atoms with Gasteiger partial charge in [0, 0.05) is 37.9 Å². The van der Waals surface area contributed by atoms with Crippen LogP contribution in [0.4, 0.5) is 5.69 Å². The Kier molecular flexibility index (Phi) is 5.66. The van der Waals surface area contributed by atoms with Crippen molar-refractivity contribution >= 4 is 18.1 Å². The molecule has 26 heavy (non-hydrogen) atoms. The van der Waals surface area contributed by atoms with Crippen molar-refractivity contribution in [3.63, 3.8) is 0 Å². The van der Waals surface area contributed by atoms with Gasteiger partial charge in [-0.3, -0.25) is 4.90 Å². The molecule has 4 rings (SSSR count). The standard InChI is InChI=1S/C23H36N2.ClH/c1-22(2)15-18(16-23(3,4)17-22)20-7-5-6-8-21(20)25-13-11-24(12-14-25)19-9-10-19;/h5-8,18-19H,9-17H2,1-4H3;1H. The van der Waals surface area contributed by atoms with Gasteiger partial charge in [-0.25, -0.2) is 0 Å². The highest BCUT2D eigenvalue weighted by atomic mass is 35.5. The molecule has 0 bridgehead atoms. The average Bonchev–Trinajstić information content (AvgIpc) is 3.37. The molecule has 0 unspecified atom stereocenters. The van der Waals surface area contributed by atoms with Gasteiger partial charge < -0.3 is 4.90 Å². The Balaban J connectivity index is 0.00000196.